The summed E-state index contributed by atoms with van der Waals surface area (Å²) >= 11 is 0. The lowest BCUT2D eigenvalue weighted by Gasteiger charge is -2.08. The molecule has 0 heterocycles. The number of Topliss-reactive ketones (excluding diaryl/α,β-unsaturated/α-hetero) is 1. The Morgan fingerprint density at radius 3 is 2.27 bits per heavy atom. The van der Waals surface area contributed by atoms with Crippen molar-refractivity contribution in [2.75, 3.05) is 11.1 Å². The standard InChI is InChI=1S/C21H25FN2O2/c1-15-8-10-16(11-9-15)20(25)6-4-2-3-5-7-21(26)24-19-13-12-17(22)14-18(19)23/h8-14H,2-7,23H2,1H3,(H,24,26). The molecule has 2 rings (SSSR count). The smallest absolute Gasteiger partial charge is 0.224 e. The van der Waals surface area contributed by atoms with Crippen molar-refractivity contribution in [2.45, 2.75) is 45.4 Å². The van der Waals surface area contributed by atoms with Crippen LogP contribution in [0.1, 0.15) is 54.4 Å². The number of aryl methyl sites for hydroxylation is 1. The van der Waals surface area contributed by atoms with Gasteiger partial charge in [0.05, 0.1) is 11.4 Å². The van der Waals surface area contributed by atoms with E-state index in [-0.39, 0.29) is 17.4 Å². The Kier molecular flexibility index (Phi) is 7.33. The minimum Gasteiger partial charge on any atom is -0.397 e. The van der Waals surface area contributed by atoms with Gasteiger partial charge in [-0.2, -0.15) is 0 Å². The summed E-state index contributed by atoms with van der Waals surface area (Å²) in [5.41, 5.74) is 8.21. The van der Waals surface area contributed by atoms with E-state index in [1.165, 1.54) is 18.2 Å². The molecule has 3 N–H and O–H groups in total. The van der Waals surface area contributed by atoms with Gasteiger partial charge in [0.1, 0.15) is 5.82 Å². The number of anilines is 2. The molecule has 0 bridgehead atoms. The first kappa shape index (κ1) is 19.6. The second kappa shape index (κ2) is 9.70. The van der Waals surface area contributed by atoms with Gasteiger partial charge in [-0.1, -0.05) is 42.7 Å². The van der Waals surface area contributed by atoms with E-state index in [1.54, 1.807) is 0 Å². The number of hydrogen-bond acceptors (Lipinski definition) is 3. The SMILES string of the molecule is Cc1ccc(C(=O)CCCCCCC(=O)Nc2ccc(F)cc2N)cc1. The Morgan fingerprint density at radius 1 is 0.962 bits per heavy atom. The number of nitrogen functional groups attached to an aromatic ring is 1. The third-order valence-electron chi connectivity index (χ3n) is 4.22. The van der Waals surface area contributed by atoms with E-state index in [0.29, 0.717) is 18.5 Å². The number of nitrogens with one attached hydrogen (secondary N) is 1. The number of halogens is 1. The lowest BCUT2D eigenvalue weighted by atomic mass is 10.0. The summed E-state index contributed by atoms with van der Waals surface area (Å²) < 4.78 is 13.0. The number of hydrogen-bond donors (Lipinski definition) is 2. The van der Waals surface area contributed by atoms with E-state index in [4.69, 9.17) is 5.73 Å². The first-order chi connectivity index (χ1) is 12.5. The summed E-state index contributed by atoms with van der Waals surface area (Å²) in [6.45, 7) is 1.99. The average Bonchev–Trinajstić information content (AvgIpc) is 2.61. The topological polar surface area (TPSA) is 72.2 Å². The molecule has 0 aliphatic heterocycles. The Balaban J connectivity index is 1.60. The van der Waals surface area contributed by atoms with E-state index in [0.717, 1.165) is 36.8 Å². The monoisotopic (exact) mass is 356 g/mol. The van der Waals surface area contributed by atoms with Gasteiger partial charge < -0.3 is 11.1 Å². The highest BCUT2D eigenvalue weighted by molar-refractivity contribution is 5.96. The maximum absolute atomic E-state index is 13.0. The summed E-state index contributed by atoms with van der Waals surface area (Å²) in [4.78, 5) is 23.9. The number of unbranched alkanes of at least 4 members (excludes halogenated alkanes) is 3. The summed E-state index contributed by atoms with van der Waals surface area (Å²) in [5, 5.41) is 2.69. The fourth-order valence-corrected chi connectivity index (χ4v) is 2.67. The first-order valence-electron chi connectivity index (χ1n) is 8.90. The number of rotatable bonds is 9. The van der Waals surface area contributed by atoms with Crippen molar-refractivity contribution in [1.82, 2.24) is 0 Å². The zero-order chi connectivity index (χ0) is 18.9. The maximum Gasteiger partial charge on any atom is 0.224 e. The van der Waals surface area contributed by atoms with Crippen molar-refractivity contribution < 1.29 is 14.0 Å². The molecule has 2 aromatic carbocycles. The van der Waals surface area contributed by atoms with Gasteiger partial charge in [0, 0.05) is 18.4 Å². The lowest BCUT2D eigenvalue weighted by Crippen LogP contribution is -2.12. The number of nitrogens with two attached hydrogens (primary N) is 1. The fourth-order valence-electron chi connectivity index (χ4n) is 2.67. The van der Waals surface area contributed by atoms with E-state index >= 15 is 0 Å². The molecular weight excluding hydrogens is 331 g/mol. The van der Waals surface area contributed by atoms with Crippen LogP contribution in [0.15, 0.2) is 42.5 Å². The van der Waals surface area contributed by atoms with Gasteiger partial charge >= 0.3 is 0 Å². The van der Waals surface area contributed by atoms with E-state index < -0.39 is 5.82 Å². The van der Waals surface area contributed by atoms with Crippen LogP contribution in [0.25, 0.3) is 0 Å². The normalized spacial score (nSPS) is 10.5. The summed E-state index contributed by atoms with van der Waals surface area (Å²) in [6, 6.07) is 11.5. The van der Waals surface area contributed by atoms with Gasteiger partial charge in [-0.05, 0) is 38.0 Å². The number of carbonyl (C=O) groups is 2. The predicted molar refractivity (Wildman–Crippen MR) is 103 cm³/mol. The average molecular weight is 356 g/mol. The second-order valence-electron chi connectivity index (χ2n) is 6.48. The van der Waals surface area contributed by atoms with Crippen LogP contribution in [0.2, 0.25) is 0 Å². The molecule has 0 aliphatic rings. The molecular formula is C21H25FN2O2. The Labute approximate surface area is 153 Å². The summed E-state index contributed by atoms with van der Waals surface area (Å²) in [6.07, 6.45) is 4.26. The molecule has 0 aliphatic carbocycles. The Morgan fingerprint density at radius 2 is 1.62 bits per heavy atom. The summed E-state index contributed by atoms with van der Waals surface area (Å²) in [7, 11) is 0. The molecule has 4 nitrogen and oxygen atoms in total. The molecule has 5 heteroatoms. The van der Waals surface area contributed by atoms with Crippen LogP contribution in [0.3, 0.4) is 0 Å². The molecule has 0 spiro atoms. The van der Waals surface area contributed by atoms with Crippen molar-refractivity contribution in [3.05, 3.63) is 59.4 Å². The molecule has 0 radical (unpaired) electrons. The van der Waals surface area contributed by atoms with Crippen LogP contribution in [-0.2, 0) is 4.79 Å². The second-order valence-corrected chi connectivity index (χ2v) is 6.48. The molecule has 138 valence electrons. The van der Waals surface area contributed by atoms with Gasteiger partial charge in [0.2, 0.25) is 5.91 Å². The van der Waals surface area contributed by atoms with Crippen molar-refractivity contribution in [3.8, 4) is 0 Å². The van der Waals surface area contributed by atoms with Gasteiger partial charge in [-0.15, -0.1) is 0 Å². The Hall–Kier alpha value is -2.69. The Bertz CT molecular complexity index is 757. The molecule has 0 saturated carbocycles. The molecule has 0 unspecified atom stereocenters. The van der Waals surface area contributed by atoms with Crippen LogP contribution >= 0.6 is 0 Å². The zero-order valence-electron chi connectivity index (χ0n) is 15.1. The van der Waals surface area contributed by atoms with Crippen molar-refractivity contribution in [2.24, 2.45) is 0 Å². The summed E-state index contributed by atoms with van der Waals surface area (Å²) in [5.74, 6) is -0.408. The number of amides is 1. The quantitative estimate of drug-likeness (QED) is 0.382. The van der Waals surface area contributed by atoms with Crippen LogP contribution in [0, 0.1) is 12.7 Å². The molecule has 2 aromatic rings. The third kappa shape index (κ3) is 6.31. The number of ketones is 1. The third-order valence-corrected chi connectivity index (χ3v) is 4.22. The highest BCUT2D eigenvalue weighted by atomic mass is 19.1. The van der Waals surface area contributed by atoms with Crippen molar-refractivity contribution >= 4 is 23.1 Å². The number of carbonyl (C=O) groups excluding carboxylic acids is 2. The minimum absolute atomic E-state index is 0.140. The molecule has 0 saturated heterocycles. The molecule has 0 aromatic heterocycles. The number of benzene rings is 2. The molecule has 1 amide bonds. The van der Waals surface area contributed by atoms with Gasteiger partial charge in [0.15, 0.2) is 5.78 Å². The van der Waals surface area contributed by atoms with E-state index in [2.05, 4.69) is 5.32 Å². The highest BCUT2D eigenvalue weighted by Gasteiger charge is 2.07. The molecule has 0 fully saturated rings. The largest absolute Gasteiger partial charge is 0.397 e. The van der Waals surface area contributed by atoms with Crippen LogP contribution in [0.4, 0.5) is 15.8 Å². The zero-order valence-corrected chi connectivity index (χ0v) is 15.1. The van der Waals surface area contributed by atoms with Gasteiger partial charge in [-0.3, -0.25) is 9.59 Å². The van der Waals surface area contributed by atoms with Crippen LogP contribution in [0.5, 0.6) is 0 Å². The van der Waals surface area contributed by atoms with Gasteiger partial charge in [0.25, 0.3) is 0 Å². The molecule has 0 atom stereocenters. The highest BCUT2D eigenvalue weighted by Crippen LogP contribution is 2.19. The van der Waals surface area contributed by atoms with E-state index in [1.807, 2.05) is 31.2 Å². The lowest BCUT2D eigenvalue weighted by molar-refractivity contribution is -0.116. The predicted octanol–water partition coefficient (Wildman–Crippen LogP) is 4.88. The van der Waals surface area contributed by atoms with Crippen LogP contribution < -0.4 is 11.1 Å². The van der Waals surface area contributed by atoms with Crippen LogP contribution in [-0.4, -0.2) is 11.7 Å². The molecule has 26 heavy (non-hydrogen) atoms. The van der Waals surface area contributed by atoms with Gasteiger partial charge in [-0.25, -0.2) is 4.39 Å². The first-order valence-corrected chi connectivity index (χ1v) is 8.90. The fraction of sp³-hybridized carbons (Fsp3) is 0.333. The van der Waals surface area contributed by atoms with Crippen molar-refractivity contribution in [1.29, 1.82) is 0 Å². The minimum atomic E-state index is -0.430. The van der Waals surface area contributed by atoms with E-state index in [9.17, 15) is 14.0 Å². The van der Waals surface area contributed by atoms with Crippen molar-refractivity contribution in [3.63, 3.8) is 0 Å². The maximum atomic E-state index is 13.0.